The van der Waals surface area contributed by atoms with Crippen molar-refractivity contribution in [2.45, 2.75) is 32.1 Å². The minimum atomic E-state index is 0.277. The van der Waals surface area contributed by atoms with Crippen molar-refractivity contribution in [3.05, 3.63) is 16.5 Å². The number of aromatic nitrogens is 2. The van der Waals surface area contributed by atoms with Crippen LogP contribution in [-0.4, -0.2) is 23.1 Å². The first-order valence-electron chi connectivity index (χ1n) is 6.67. The van der Waals surface area contributed by atoms with Gasteiger partial charge in [-0.15, -0.1) is 0 Å². The summed E-state index contributed by atoms with van der Waals surface area (Å²) in [4.78, 5) is 10.4. The van der Waals surface area contributed by atoms with E-state index in [1.807, 2.05) is 0 Å². The Morgan fingerprint density at radius 3 is 2.67 bits per heavy atom. The van der Waals surface area contributed by atoms with Gasteiger partial charge in [0.25, 0.3) is 0 Å². The average molecular weight is 286 g/mol. The first-order chi connectivity index (χ1) is 8.74. The van der Waals surface area contributed by atoms with Crippen LogP contribution in [0.2, 0.25) is 10.3 Å². The SMILES string of the molecule is Clc1ncc(Cl)c(N2CCC(C3CCCC3)C2)n1. The molecule has 0 aromatic carbocycles. The van der Waals surface area contributed by atoms with E-state index in [9.17, 15) is 0 Å². The van der Waals surface area contributed by atoms with E-state index in [4.69, 9.17) is 23.2 Å². The molecule has 1 saturated heterocycles. The first kappa shape index (κ1) is 12.5. The van der Waals surface area contributed by atoms with Crippen molar-refractivity contribution >= 4 is 29.0 Å². The molecule has 0 spiro atoms. The highest BCUT2D eigenvalue weighted by molar-refractivity contribution is 6.33. The van der Waals surface area contributed by atoms with Gasteiger partial charge in [-0.3, -0.25) is 0 Å². The molecule has 0 bridgehead atoms. The molecular formula is C13H17Cl2N3. The third-order valence-electron chi connectivity index (χ3n) is 4.29. The van der Waals surface area contributed by atoms with E-state index in [1.165, 1.54) is 32.1 Å². The third-order valence-corrected chi connectivity index (χ3v) is 4.74. The molecule has 2 heterocycles. The van der Waals surface area contributed by atoms with E-state index >= 15 is 0 Å². The summed E-state index contributed by atoms with van der Waals surface area (Å²) in [5.74, 6) is 2.51. The quantitative estimate of drug-likeness (QED) is 0.774. The van der Waals surface area contributed by atoms with E-state index < -0.39 is 0 Å². The van der Waals surface area contributed by atoms with E-state index in [0.717, 1.165) is 30.7 Å². The van der Waals surface area contributed by atoms with Gasteiger partial charge in [-0.05, 0) is 29.9 Å². The molecule has 5 heteroatoms. The highest BCUT2D eigenvalue weighted by Gasteiger charge is 2.32. The lowest BCUT2D eigenvalue weighted by molar-refractivity contribution is 0.369. The highest BCUT2D eigenvalue weighted by atomic mass is 35.5. The second-order valence-electron chi connectivity index (χ2n) is 5.35. The van der Waals surface area contributed by atoms with Crippen LogP contribution in [-0.2, 0) is 0 Å². The van der Waals surface area contributed by atoms with Crippen molar-refractivity contribution in [3.63, 3.8) is 0 Å². The van der Waals surface area contributed by atoms with Gasteiger partial charge in [-0.25, -0.2) is 4.98 Å². The van der Waals surface area contributed by atoms with Gasteiger partial charge in [-0.1, -0.05) is 37.3 Å². The zero-order valence-corrected chi connectivity index (χ0v) is 11.8. The van der Waals surface area contributed by atoms with Crippen molar-refractivity contribution in [1.29, 1.82) is 0 Å². The summed E-state index contributed by atoms with van der Waals surface area (Å²) in [5, 5.41) is 0.880. The van der Waals surface area contributed by atoms with Gasteiger partial charge in [0.05, 0.1) is 6.20 Å². The topological polar surface area (TPSA) is 29.0 Å². The second kappa shape index (κ2) is 5.22. The second-order valence-corrected chi connectivity index (χ2v) is 6.10. The molecule has 2 aliphatic rings. The standard InChI is InChI=1S/C13H17Cl2N3/c14-11-7-16-13(15)17-12(11)18-6-5-10(8-18)9-3-1-2-4-9/h7,9-10H,1-6,8H2. The van der Waals surface area contributed by atoms with Crippen LogP contribution >= 0.6 is 23.2 Å². The Bertz CT molecular complexity index is 432. The fourth-order valence-corrected chi connectivity index (χ4v) is 3.69. The molecule has 3 nitrogen and oxygen atoms in total. The number of hydrogen-bond acceptors (Lipinski definition) is 3. The lowest BCUT2D eigenvalue weighted by Crippen LogP contribution is -2.23. The van der Waals surface area contributed by atoms with Crippen molar-refractivity contribution in [2.75, 3.05) is 18.0 Å². The summed E-state index contributed by atoms with van der Waals surface area (Å²) < 4.78 is 0. The van der Waals surface area contributed by atoms with Crippen LogP contribution in [0.3, 0.4) is 0 Å². The maximum Gasteiger partial charge on any atom is 0.224 e. The Morgan fingerprint density at radius 1 is 1.11 bits per heavy atom. The van der Waals surface area contributed by atoms with E-state index in [0.29, 0.717) is 5.02 Å². The molecule has 0 amide bonds. The average Bonchev–Trinajstić information content (AvgIpc) is 3.00. The maximum atomic E-state index is 6.16. The fourth-order valence-electron chi connectivity index (χ4n) is 3.35. The molecule has 1 aromatic rings. The highest BCUT2D eigenvalue weighted by Crippen LogP contribution is 2.38. The van der Waals surface area contributed by atoms with Crippen LogP contribution in [0.4, 0.5) is 5.82 Å². The van der Waals surface area contributed by atoms with E-state index in [2.05, 4.69) is 14.9 Å². The lowest BCUT2D eigenvalue weighted by atomic mass is 9.90. The zero-order valence-electron chi connectivity index (χ0n) is 10.3. The Labute approximate surface area is 118 Å². The molecule has 1 aliphatic carbocycles. The van der Waals surface area contributed by atoms with Gasteiger partial charge in [0, 0.05) is 13.1 Å². The summed E-state index contributed by atoms with van der Waals surface area (Å²) in [7, 11) is 0. The maximum absolute atomic E-state index is 6.16. The van der Waals surface area contributed by atoms with Crippen LogP contribution in [0.25, 0.3) is 0 Å². The van der Waals surface area contributed by atoms with Crippen LogP contribution in [0.1, 0.15) is 32.1 Å². The van der Waals surface area contributed by atoms with Crippen molar-refractivity contribution in [2.24, 2.45) is 11.8 Å². The summed E-state index contributed by atoms with van der Waals surface area (Å²) in [5.41, 5.74) is 0. The van der Waals surface area contributed by atoms with Gasteiger partial charge in [0.15, 0.2) is 5.82 Å². The minimum absolute atomic E-state index is 0.277. The normalized spacial score (nSPS) is 25.0. The van der Waals surface area contributed by atoms with Crippen molar-refractivity contribution in [1.82, 2.24) is 9.97 Å². The van der Waals surface area contributed by atoms with Gasteiger partial charge in [-0.2, -0.15) is 4.98 Å². The molecule has 1 saturated carbocycles. The van der Waals surface area contributed by atoms with Gasteiger partial charge >= 0.3 is 0 Å². The zero-order chi connectivity index (χ0) is 12.5. The lowest BCUT2D eigenvalue weighted by Gasteiger charge is -2.21. The largest absolute Gasteiger partial charge is 0.355 e. The number of rotatable bonds is 2. The molecule has 18 heavy (non-hydrogen) atoms. The molecular weight excluding hydrogens is 269 g/mol. The predicted octanol–water partition coefficient (Wildman–Crippen LogP) is 3.80. The molecule has 1 atom stereocenters. The number of anilines is 1. The Morgan fingerprint density at radius 2 is 1.89 bits per heavy atom. The summed E-state index contributed by atoms with van der Waals surface area (Å²) >= 11 is 12.0. The minimum Gasteiger partial charge on any atom is -0.355 e. The molecule has 0 radical (unpaired) electrons. The predicted molar refractivity (Wildman–Crippen MR) is 74.3 cm³/mol. The van der Waals surface area contributed by atoms with Crippen LogP contribution < -0.4 is 4.90 Å². The molecule has 3 rings (SSSR count). The Kier molecular flexibility index (Phi) is 3.62. The van der Waals surface area contributed by atoms with Crippen LogP contribution in [0.15, 0.2) is 6.20 Å². The smallest absolute Gasteiger partial charge is 0.224 e. The Balaban J connectivity index is 1.72. The van der Waals surface area contributed by atoms with Crippen molar-refractivity contribution < 1.29 is 0 Å². The van der Waals surface area contributed by atoms with Crippen LogP contribution in [0.5, 0.6) is 0 Å². The molecule has 0 N–H and O–H groups in total. The third kappa shape index (κ3) is 2.43. The van der Waals surface area contributed by atoms with Crippen LogP contribution in [0, 0.1) is 11.8 Å². The Hall–Kier alpha value is -0.540. The molecule has 1 aromatic heterocycles. The van der Waals surface area contributed by atoms with Crippen molar-refractivity contribution in [3.8, 4) is 0 Å². The molecule has 1 aliphatic heterocycles. The van der Waals surface area contributed by atoms with E-state index in [-0.39, 0.29) is 5.28 Å². The monoisotopic (exact) mass is 285 g/mol. The number of nitrogens with zero attached hydrogens (tertiary/aromatic N) is 3. The summed E-state index contributed by atoms with van der Waals surface area (Å²) in [6, 6.07) is 0. The number of hydrogen-bond donors (Lipinski definition) is 0. The summed E-state index contributed by atoms with van der Waals surface area (Å²) in [6.07, 6.45) is 8.45. The van der Waals surface area contributed by atoms with Gasteiger partial charge in [0.1, 0.15) is 5.02 Å². The summed E-state index contributed by atoms with van der Waals surface area (Å²) in [6.45, 7) is 2.10. The molecule has 2 fully saturated rings. The van der Waals surface area contributed by atoms with E-state index in [1.54, 1.807) is 6.20 Å². The van der Waals surface area contributed by atoms with Gasteiger partial charge in [0.2, 0.25) is 5.28 Å². The molecule has 1 unspecified atom stereocenters. The first-order valence-corrected chi connectivity index (χ1v) is 7.42. The fraction of sp³-hybridized carbons (Fsp3) is 0.692. The number of halogens is 2. The molecule has 98 valence electrons. The van der Waals surface area contributed by atoms with Gasteiger partial charge < -0.3 is 4.90 Å².